The minimum Gasteiger partial charge on any atom is -0.356 e. The van der Waals surface area contributed by atoms with Crippen molar-refractivity contribution in [1.29, 1.82) is 0 Å². The molecule has 2 amide bonds. The third-order valence-electron chi connectivity index (χ3n) is 7.03. The molecule has 4 aliphatic carbocycles. The van der Waals surface area contributed by atoms with Crippen molar-refractivity contribution >= 4 is 38.9 Å². The van der Waals surface area contributed by atoms with Gasteiger partial charge in [0.25, 0.3) is 0 Å². The third kappa shape index (κ3) is 4.52. The SMILES string of the molecule is CS(=O)(=O)c1ccc(Cl)c(NC(=O)CCCNC(=O)C23CC4CC(CC(C4)C2)C3)c1. The molecule has 8 heteroatoms. The number of carbonyl (C=O) groups excluding carboxylic acids is 2. The van der Waals surface area contributed by atoms with E-state index in [-0.39, 0.29) is 39.3 Å². The fraction of sp³-hybridized carbons (Fsp3) is 0.636. The van der Waals surface area contributed by atoms with Crippen molar-refractivity contribution in [2.75, 3.05) is 18.1 Å². The van der Waals surface area contributed by atoms with Gasteiger partial charge < -0.3 is 10.6 Å². The third-order valence-corrected chi connectivity index (χ3v) is 8.47. The van der Waals surface area contributed by atoms with Crippen molar-refractivity contribution < 1.29 is 18.0 Å². The molecule has 0 heterocycles. The highest BCUT2D eigenvalue weighted by molar-refractivity contribution is 7.90. The number of nitrogens with one attached hydrogen (secondary N) is 2. The molecule has 4 saturated carbocycles. The quantitative estimate of drug-likeness (QED) is 0.615. The van der Waals surface area contributed by atoms with Gasteiger partial charge in [0.15, 0.2) is 9.84 Å². The lowest BCUT2D eigenvalue weighted by atomic mass is 9.49. The number of halogens is 1. The molecule has 30 heavy (non-hydrogen) atoms. The van der Waals surface area contributed by atoms with E-state index < -0.39 is 9.84 Å². The summed E-state index contributed by atoms with van der Waals surface area (Å²) < 4.78 is 23.4. The van der Waals surface area contributed by atoms with Crippen LogP contribution in [0.2, 0.25) is 5.02 Å². The van der Waals surface area contributed by atoms with Crippen molar-refractivity contribution in [3.63, 3.8) is 0 Å². The molecule has 4 bridgehead atoms. The smallest absolute Gasteiger partial charge is 0.226 e. The molecule has 0 saturated heterocycles. The normalized spacial score (nSPS) is 29.6. The molecule has 0 spiro atoms. The Labute approximate surface area is 183 Å². The molecule has 6 nitrogen and oxygen atoms in total. The number of rotatable bonds is 7. The number of carbonyl (C=O) groups is 2. The van der Waals surface area contributed by atoms with Gasteiger partial charge in [-0.3, -0.25) is 9.59 Å². The number of benzene rings is 1. The lowest BCUT2D eigenvalue weighted by molar-refractivity contribution is -0.146. The Morgan fingerprint density at radius 3 is 2.27 bits per heavy atom. The largest absolute Gasteiger partial charge is 0.356 e. The Kier molecular flexibility index (Phi) is 5.88. The fourth-order valence-corrected chi connectivity index (χ4v) is 6.88. The van der Waals surface area contributed by atoms with E-state index in [4.69, 9.17) is 11.6 Å². The Morgan fingerprint density at radius 2 is 1.70 bits per heavy atom. The summed E-state index contributed by atoms with van der Waals surface area (Å²) in [7, 11) is -3.39. The Bertz CT molecular complexity index is 925. The van der Waals surface area contributed by atoms with E-state index in [2.05, 4.69) is 10.6 Å². The zero-order valence-corrected chi connectivity index (χ0v) is 18.8. The first kappa shape index (κ1) is 21.6. The maximum atomic E-state index is 12.9. The maximum Gasteiger partial charge on any atom is 0.226 e. The second-order valence-electron chi connectivity index (χ2n) is 9.52. The van der Waals surface area contributed by atoms with Crippen LogP contribution in [0.25, 0.3) is 0 Å². The van der Waals surface area contributed by atoms with Crippen LogP contribution < -0.4 is 10.6 Å². The molecule has 164 valence electrons. The molecular formula is C22H29ClN2O4S. The van der Waals surface area contributed by atoms with Crippen LogP contribution in [0.5, 0.6) is 0 Å². The second-order valence-corrected chi connectivity index (χ2v) is 11.9. The maximum absolute atomic E-state index is 12.9. The second kappa shape index (κ2) is 8.15. The van der Waals surface area contributed by atoms with Crippen LogP contribution in [0.4, 0.5) is 5.69 Å². The highest BCUT2D eigenvalue weighted by Crippen LogP contribution is 2.60. The van der Waals surface area contributed by atoms with Gasteiger partial charge in [-0.25, -0.2) is 8.42 Å². The summed E-state index contributed by atoms with van der Waals surface area (Å²) in [6.45, 7) is 0.463. The van der Waals surface area contributed by atoms with E-state index in [1.165, 1.54) is 37.5 Å². The van der Waals surface area contributed by atoms with Crippen molar-refractivity contribution in [3.8, 4) is 0 Å². The molecule has 5 rings (SSSR count). The molecule has 0 radical (unpaired) electrons. The minimum absolute atomic E-state index is 0.102. The van der Waals surface area contributed by atoms with E-state index in [9.17, 15) is 18.0 Å². The molecule has 0 aromatic heterocycles. The Morgan fingerprint density at radius 1 is 1.10 bits per heavy atom. The van der Waals surface area contributed by atoms with E-state index in [1.54, 1.807) is 0 Å². The van der Waals surface area contributed by atoms with Crippen LogP contribution in [-0.4, -0.2) is 33.0 Å². The number of hydrogen-bond donors (Lipinski definition) is 2. The number of hydrogen-bond acceptors (Lipinski definition) is 4. The van der Waals surface area contributed by atoms with Gasteiger partial charge >= 0.3 is 0 Å². The lowest BCUT2D eigenvalue weighted by Gasteiger charge is -2.55. The molecule has 4 fully saturated rings. The number of sulfone groups is 1. The van der Waals surface area contributed by atoms with Crippen LogP contribution in [0, 0.1) is 23.2 Å². The first-order valence-electron chi connectivity index (χ1n) is 10.7. The first-order chi connectivity index (χ1) is 14.1. The van der Waals surface area contributed by atoms with Crippen LogP contribution >= 0.6 is 11.6 Å². The zero-order valence-electron chi connectivity index (χ0n) is 17.2. The lowest BCUT2D eigenvalue weighted by Crippen LogP contribution is -2.53. The van der Waals surface area contributed by atoms with Crippen molar-refractivity contribution in [2.45, 2.75) is 56.3 Å². The van der Waals surface area contributed by atoms with Crippen LogP contribution in [0.1, 0.15) is 51.4 Å². The van der Waals surface area contributed by atoms with Crippen molar-refractivity contribution in [3.05, 3.63) is 23.2 Å². The van der Waals surface area contributed by atoms with Gasteiger partial charge in [-0.2, -0.15) is 0 Å². The van der Waals surface area contributed by atoms with Gasteiger partial charge in [0.1, 0.15) is 0 Å². The molecular weight excluding hydrogens is 424 g/mol. The standard InChI is InChI=1S/C22H29ClN2O4S/c1-30(28,29)17-4-5-18(23)19(10-17)25-20(26)3-2-6-24-21(27)22-11-14-7-15(12-22)9-16(8-14)13-22/h4-5,10,14-16H,2-3,6-9,11-13H2,1H3,(H,24,27)(H,25,26). The van der Waals surface area contributed by atoms with E-state index in [0.717, 1.165) is 43.3 Å². The van der Waals surface area contributed by atoms with E-state index in [1.807, 2.05) is 0 Å². The Balaban J connectivity index is 1.25. The summed E-state index contributed by atoms with van der Waals surface area (Å²) in [5.41, 5.74) is 0.110. The summed E-state index contributed by atoms with van der Waals surface area (Å²) in [5, 5.41) is 6.03. The number of amides is 2. The molecule has 0 atom stereocenters. The van der Waals surface area contributed by atoms with Crippen molar-refractivity contribution in [2.24, 2.45) is 23.2 Å². The summed E-state index contributed by atoms with van der Waals surface area (Å²) in [6, 6.07) is 4.23. The summed E-state index contributed by atoms with van der Waals surface area (Å²) in [6.07, 6.45) is 8.84. The van der Waals surface area contributed by atoms with Gasteiger partial charge in [0, 0.05) is 24.6 Å². The molecule has 1 aromatic rings. The van der Waals surface area contributed by atoms with Crippen LogP contribution in [-0.2, 0) is 19.4 Å². The Hall–Kier alpha value is -1.60. The zero-order chi connectivity index (χ0) is 21.5. The van der Waals surface area contributed by atoms with Gasteiger partial charge in [-0.15, -0.1) is 0 Å². The average molecular weight is 453 g/mol. The topological polar surface area (TPSA) is 92.3 Å². The van der Waals surface area contributed by atoms with Crippen LogP contribution in [0.15, 0.2) is 23.1 Å². The predicted octanol–water partition coefficient (Wildman–Crippen LogP) is 3.79. The van der Waals surface area contributed by atoms with Crippen molar-refractivity contribution in [1.82, 2.24) is 5.32 Å². The van der Waals surface area contributed by atoms with E-state index >= 15 is 0 Å². The van der Waals surface area contributed by atoms with Gasteiger partial charge in [0.2, 0.25) is 11.8 Å². The van der Waals surface area contributed by atoms with Gasteiger partial charge in [0.05, 0.1) is 15.6 Å². The van der Waals surface area contributed by atoms with E-state index in [0.29, 0.717) is 13.0 Å². The summed E-state index contributed by atoms with van der Waals surface area (Å²) >= 11 is 6.08. The summed E-state index contributed by atoms with van der Waals surface area (Å²) in [5.74, 6) is 2.08. The molecule has 0 unspecified atom stereocenters. The van der Waals surface area contributed by atoms with Crippen LogP contribution in [0.3, 0.4) is 0 Å². The first-order valence-corrected chi connectivity index (χ1v) is 13.0. The molecule has 4 aliphatic rings. The van der Waals surface area contributed by atoms with Gasteiger partial charge in [-0.05, 0) is 80.9 Å². The highest BCUT2D eigenvalue weighted by atomic mass is 35.5. The monoisotopic (exact) mass is 452 g/mol. The fourth-order valence-electron chi connectivity index (χ4n) is 6.07. The molecule has 1 aromatic carbocycles. The minimum atomic E-state index is -3.39. The van der Waals surface area contributed by atoms with Gasteiger partial charge in [-0.1, -0.05) is 11.6 Å². The summed E-state index contributed by atoms with van der Waals surface area (Å²) in [4.78, 5) is 25.3. The molecule has 0 aliphatic heterocycles. The number of anilines is 1. The predicted molar refractivity (Wildman–Crippen MR) is 116 cm³/mol. The highest BCUT2D eigenvalue weighted by Gasteiger charge is 2.54. The average Bonchev–Trinajstić information content (AvgIpc) is 2.65. The molecule has 2 N–H and O–H groups in total.